The maximum Gasteiger partial charge on any atom is 0.225 e. The van der Waals surface area contributed by atoms with Crippen LogP contribution in [0.2, 0.25) is 0 Å². The van der Waals surface area contributed by atoms with Crippen LogP contribution in [0.4, 0.5) is 0 Å². The molecule has 0 aromatic rings. The highest BCUT2D eigenvalue weighted by Gasteiger charge is 2.44. The van der Waals surface area contributed by atoms with Crippen molar-refractivity contribution in [1.29, 1.82) is 0 Å². The van der Waals surface area contributed by atoms with Gasteiger partial charge in [-0.05, 0) is 31.6 Å². The quantitative estimate of drug-likeness (QED) is 0.795. The Balaban J connectivity index is 1.40. The maximum atomic E-state index is 12.5. The molecule has 4 fully saturated rings. The Morgan fingerprint density at radius 1 is 1.15 bits per heavy atom. The van der Waals surface area contributed by atoms with E-state index in [4.69, 9.17) is 4.74 Å². The monoisotopic (exact) mass is 280 g/mol. The molecule has 1 N–H and O–H groups in total. The second kappa shape index (κ2) is 4.97. The van der Waals surface area contributed by atoms with Crippen LogP contribution in [0.25, 0.3) is 0 Å². The number of fused-ring (bicyclic) bond motifs is 2. The van der Waals surface area contributed by atoms with Gasteiger partial charge in [0.25, 0.3) is 0 Å². The van der Waals surface area contributed by atoms with Gasteiger partial charge < -0.3 is 14.7 Å². The van der Waals surface area contributed by atoms with Gasteiger partial charge >= 0.3 is 0 Å². The van der Waals surface area contributed by atoms with Crippen LogP contribution < -0.4 is 0 Å². The number of morpholine rings is 1. The standard InChI is InChI=1S/C15H24N2O3/c18-14-3-11(4-14)15(19)16-6-12-8-20-9-13(7-16)17(12)5-10-1-2-10/h10-14,18H,1-9H2. The molecule has 2 aliphatic heterocycles. The van der Waals surface area contributed by atoms with E-state index in [0.29, 0.717) is 24.9 Å². The highest BCUT2D eigenvalue weighted by molar-refractivity contribution is 5.80. The minimum Gasteiger partial charge on any atom is -0.393 e. The number of amides is 1. The maximum absolute atomic E-state index is 12.5. The van der Waals surface area contributed by atoms with Crippen molar-refractivity contribution in [3.8, 4) is 0 Å². The van der Waals surface area contributed by atoms with Gasteiger partial charge in [-0.2, -0.15) is 0 Å². The average molecular weight is 280 g/mol. The summed E-state index contributed by atoms with van der Waals surface area (Å²) in [6.07, 6.45) is 3.82. The first kappa shape index (κ1) is 13.0. The molecule has 1 amide bonds. The molecule has 20 heavy (non-hydrogen) atoms. The zero-order valence-electron chi connectivity index (χ0n) is 11.9. The number of piperazine rings is 1. The third-order valence-corrected chi connectivity index (χ3v) is 5.36. The van der Waals surface area contributed by atoms with Crippen LogP contribution in [0.3, 0.4) is 0 Å². The van der Waals surface area contributed by atoms with Gasteiger partial charge in [0.15, 0.2) is 0 Å². The fourth-order valence-corrected chi connectivity index (χ4v) is 3.85. The van der Waals surface area contributed by atoms with E-state index in [9.17, 15) is 9.90 Å². The lowest BCUT2D eigenvalue weighted by Gasteiger charge is -2.51. The number of hydrogen-bond donors (Lipinski definition) is 1. The molecule has 2 unspecified atom stereocenters. The Labute approximate surface area is 119 Å². The van der Waals surface area contributed by atoms with E-state index < -0.39 is 0 Å². The number of aliphatic hydroxyl groups excluding tert-OH is 1. The van der Waals surface area contributed by atoms with Crippen molar-refractivity contribution in [2.24, 2.45) is 11.8 Å². The summed E-state index contributed by atoms with van der Waals surface area (Å²) in [7, 11) is 0. The normalized spacial score (nSPS) is 41.4. The zero-order chi connectivity index (χ0) is 13.7. The van der Waals surface area contributed by atoms with Crippen molar-refractivity contribution < 1.29 is 14.6 Å². The van der Waals surface area contributed by atoms with E-state index in [-0.39, 0.29) is 17.9 Å². The minimum atomic E-state index is -0.247. The fourth-order valence-electron chi connectivity index (χ4n) is 3.85. The number of hydrogen-bond acceptors (Lipinski definition) is 4. The molecule has 0 aromatic carbocycles. The van der Waals surface area contributed by atoms with Crippen molar-refractivity contribution >= 4 is 5.91 Å². The van der Waals surface area contributed by atoms with Crippen LogP contribution in [-0.4, -0.2) is 71.8 Å². The number of carbonyl (C=O) groups is 1. The molecule has 2 saturated carbocycles. The second-order valence-corrected chi connectivity index (χ2v) is 7.05. The SMILES string of the molecule is O=C(C1CC(O)C1)N1CC2COCC(C1)N2CC1CC1. The summed E-state index contributed by atoms with van der Waals surface area (Å²) < 4.78 is 5.70. The summed E-state index contributed by atoms with van der Waals surface area (Å²) in [5.41, 5.74) is 0. The van der Waals surface area contributed by atoms with Crippen molar-refractivity contribution in [1.82, 2.24) is 9.80 Å². The Morgan fingerprint density at radius 3 is 2.35 bits per heavy atom. The van der Waals surface area contributed by atoms with Crippen LogP contribution in [0.5, 0.6) is 0 Å². The van der Waals surface area contributed by atoms with Gasteiger partial charge in [0.2, 0.25) is 5.91 Å². The number of aliphatic hydroxyl groups is 1. The van der Waals surface area contributed by atoms with Crippen LogP contribution in [0.15, 0.2) is 0 Å². The molecular formula is C15H24N2O3. The molecule has 2 atom stereocenters. The number of carbonyl (C=O) groups excluding carboxylic acids is 1. The van der Waals surface area contributed by atoms with Crippen LogP contribution in [0.1, 0.15) is 25.7 Å². The first-order chi connectivity index (χ1) is 9.70. The second-order valence-electron chi connectivity index (χ2n) is 7.05. The molecule has 112 valence electrons. The van der Waals surface area contributed by atoms with Crippen molar-refractivity contribution in [3.05, 3.63) is 0 Å². The summed E-state index contributed by atoms with van der Waals surface area (Å²) in [6, 6.07) is 0.772. The van der Waals surface area contributed by atoms with E-state index in [1.54, 1.807) is 0 Å². The number of nitrogens with zero attached hydrogens (tertiary/aromatic N) is 2. The highest BCUT2D eigenvalue weighted by atomic mass is 16.5. The summed E-state index contributed by atoms with van der Waals surface area (Å²) >= 11 is 0. The molecule has 2 aliphatic carbocycles. The van der Waals surface area contributed by atoms with E-state index >= 15 is 0 Å². The smallest absolute Gasteiger partial charge is 0.225 e. The number of rotatable bonds is 3. The third-order valence-electron chi connectivity index (χ3n) is 5.36. The van der Waals surface area contributed by atoms with Crippen molar-refractivity contribution in [3.63, 3.8) is 0 Å². The van der Waals surface area contributed by atoms with Crippen LogP contribution in [0, 0.1) is 11.8 Å². The summed E-state index contributed by atoms with van der Waals surface area (Å²) in [6.45, 7) is 4.35. The first-order valence-corrected chi connectivity index (χ1v) is 8.01. The minimum absolute atomic E-state index is 0.0710. The van der Waals surface area contributed by atoms with Gasteiger partial charge in [0, 0.05) is 25.6 Å². The van der Waals surface area contributed by atoms with E-state index in [1.165, 1.54) is 19.4 Å². The van der Waals surface area contributed by atoms with Crippen molar-refractivity contribution in [2.75, 3.05) is 32.8 Å². The highest BCUT2D eigenvalue weighted by Crippen LogP contribution is 2.35. The van der Waals surface area contributed by atoms with Gasteiger partial charge in [-0.3, -0.25) is 9.69 Å². The predicted molar refractivity (Wildman–Crippen MR) is 73.1 cm³/mol. The molecule has 0 radical (unpaired) electrons. The molecule has 5 heteroatoms. The Bertz CT molecular complexity index is 379. The third kappa shape index (κ3) is 2.36. The molecule has 0 spiro atoms. The van der Waals surface area contributed by atoms with Crippen molar-refractivity contribution in [2.45, 2.75) is 43.9 Å². The molecule has 4 rings (SSSR count). The van der Waals surface area contributed by atoms with Gasteiger partial charge in [-0.15, -0.1) is 0 Å². The van der Waals surface area contributed by atoms with Crippen LogP contribution >= 0.6 is 0 Å². The average Bonchev–Trinajstić information content (AvgIpc) is 3.18. The number of ether oxygens (including phenoxy) is 1. The Morgan fingerprint density at radius 2 is 1.80 bits per heavy atom. The molecule has 2 saturated heterocycles. The fraction of sp³-hybridized carbons (Fsp3) is 0.933. The Kier molecular flexibility index (Phi) is 3.24. The van der Waals surface area contributed by atoms with Gasteiger partial charge in [0.05, 0.1) is 31.4 Å². The predicted octanol–water partition coefficient (Wildman–Crippen LogP) is 0.0789. The largest absolute Gasteiger partial charge is 0.393 e. The molecule has 0 aromatic heterocycles. The molecule has 2 heterocycles. The lowest BCUT2D eigenvalue weighted by atomic mass is 9.81. The summed E-state index contributed by atoms with van der Waals surface area (Å²) in [4.78, 5) is 17.1. The first-order valence-electron chi connectivity index (χ1n) is 8.01. The molecule has 2 bridgehead atoms. The Hall–Kier alpha value is -0.650. The molecule has 5 nitrogen and oxygen atoms in total. The summed E-state index contributed by atoms with van der Waals surface area (Å²) in [5, 5.41) is 9.38. The van der Waals surface area contributed by atoms with E-state index in [0.717, 1.165) is 32.2 Å². The van der Waals surface area contributed by atoms with E-state index in [2.05, 4.69) is 4.90 Å². The lowest BCUT2D eigenvalue weighted by Crippen LogP contribution is -2.66. The van der Waals surface area contributed by atoms with Gasteiger partial charge in [-0.25, -0.2) is 0 Å². The molecular weight excluding hydrogens is 256 g/mol. The zero-order valence-corrected chi connectivity index (χ0v) is 11.9. The van der Waals surface area contributed by atoms with Crippen LogP contribution in [-0.2, 0) is 9.53 Å². The summed E-state index contributed by atoms with van der Waals surface area (Å²) in [5.74, 6) is 1.22. The lowest BCUT2D eigenvalue weighted by molar-refractivity contribution is -0.155. The topological polar surface area (TPSA) is 53.0 Å². The van der Waals surface area contributed by atoms with E-state index in [1.807, 2.05) is 4.90 Å². The van der Waals surface area contributed by atoms with Gasteiger partial charge in [-0.1, -0.05) is 0 Å². The molecule has 4 aliphatic rings. The van der Waals surface area contributed by atoms with Gasteiger partial charge in [0.1, 0.15) is 0 Å².